The number of carboxylic acids is 1. The van der Waals surface area contributed by atoms with Crippen molar-refractivity contribution < 1.29 is 19.5 Å². The number of piperidine rings is 1. The van der Waals surface area contributed by atoms with Crippen molar-refractivity contribution in [3.05, 3.63) is 10.7 Å². The zero-order valence-electron chi connectivity index (χ0n) is 12.1. The summed E-state index contributed by atoms with van der Waals surface area (Å²) in [7, 11) is 0. The van der Waals surface area contributed by atoms with E-state index >= 15 is 0 Å². The van der Waals surface area contributed by atoms with E-state index in [2.05, 4.69) is 15.6 Å². The highest BCUT2D eigenvalue weighted by Crippen LogP contribution is 2.23. The number of anilines is 1. The van der Waals surface area contributed by atoms with Crippen LogP contribution >= 0.6 is 11.3 Å². The minimum absolute atomic E-state index is 0.0822. The number of nitrogens with two attached hydrogens (primary N) is 2. The predicted octanol–water partition coefficient (Wildman–Crippen LogP) is 0.112. The molecule has 2 heterocycles. The molecule has 0 aromatic carbocycles. The number of primary amides is 2. The van der Waals surface area contributed by atoms with Crippen LogP contribution in [0.25, 0.3) is 0 Å². The van der Waals surface area contributed by atoms with Gasteiger partial charge in [-0.25, -0.2) is 14.6 Å². The van der Waals surface area contributed by atoms with Crippen molar-refractivity contribution in [1.29, 1.82) is 0 Å². The first kappa shape index (κ1) is 17.9. The van der Waals surface area contributed by atoms with Crippen LogP contribution in [0.5, 0.6) is 0 Å². The predicted molar refractivity (Wildman–Crippen MR) is 81.8 cm³/mol. The molecular weight excluding hydrogens is 310 g/mol. The molecule has 1 aromatic rings. The fourth-order valence-corrected chi connectivity index (χ4v) is 2.68. The van der Waals surface area contributed by atoms with Gasteiger partial charge in [0, 0.05) is 6.54 Å². The summed E-state index contributed by atoms with van der Waals surface area (Å²) in [6, 6.07) is -0.800. The molecule has 0 saturated carbocycles. The molecule has 1 saturated heterocycles. The highest BCUT2D eigenvalue weighted by Gasteiger charge is 2.17. The molecule has 2 rings (SSSR count). The van der Waals surface area contributed by atoms with Gasteiger partial charge in [0.05, 0.1) is 10.9 Å². The van der Waals surface area contributed by atoms with Gasteiger partial charge < -0.3 is 21.9 Å². The topological polar surface area (TPSA) is 160 Å². The number of nitrogens with zero attached hydrogens (tertiary/aromatic N) is 1. The smallest absolute Gasteiger partial charge is 0.357 e. The third-order valence-corrected chi connectivity index (χ3v) is 3.76. The Hall–Kier alpha value is -2.20. The van der Waals surface area contributed by atoms with Gasteiger partial charge in [-0.2, -0.15) is 0 Å². The minimum atomic E-state index is -1.19. The fourth-order valence-electron chi connectivity index (χ4n) is 1.86. The number of hydrogen-bond donors (Lipinski definition) is 5. The Balaban J connectivity index is 0.000000235. The first-order chi connectivity index (χ1) is 10.3. The number of carbonyl (C=O) groups is 3. The molecule has 10 heteroatoms. The Labute approximate surface area is 131 Å². The Bertz CT molecular complexity index is 554. The van der Waals surface area contributed by atoms with Crippen molar-refractivity contribution in [2.24, 2.45) is 17.4 Å². The number of nitrogens with one attached hydrogen (secondary N) is 2. The van der Waals surface area contributed by atoms with Gasteiger partial charge >= 0.3 is 12.0 Å². The number of rotatable bonds is 3. The van der Waals surface area contributed by atoms with Gasteiger partial charge in [0.15, 0.2) is 5.69 Å². The average Bonchev–Trinajstić information content (AvgIpc) is 2.80. The normalized spacial score (nSPS) is 17.0. The second-order valence-electron chi connectivity index (χ2n) is 4.65. The molecule has 1 aromatic heterocycles. The number of amides is 3. The molecule has 1 aliphatic heterocycles. The lowest BCUT2D eigenvalue weighted by Gasteiger charge is -2.18. The molecule has 7 N–H and O–H groups in total. The summed E-state index contributed by atoms with van der Waals surface area (Å²) in [5, 5.41) is 14.7. The SMILES string of the molecule is Cc1nc(C(=O)O)c(NC(N)=O)s1.NC(=O)[C@H]1CCCNC1. The summed E-state index contributed by atoms with van der Waals surface area (Å²) >= 11 is 1.07. The summed E-state index contributed by atoms with van der Waals surface area (Å²) in [5.74, 6) is -1.27. The first-order valence-corrected chi connectivity index (χ1v) is 7.40. The van der Waals surface area contributed by atoms with Crippen LogP contribution in [0, 0.1) is 12.8 Å². The van der Waals surface area contributed by atoms with E-state index in [9.17, 15) is 14.4 Å². The van der Waals surface area contributed by atoms with Gasteiger partial charge in [-0.3, -0.25) is 10.1 Å². The lowest BCUT2D eigenvalue weighted by atomic mass is 9.99. The summed E-state index contributed by atoms with van der Waals surface area (Å²) in [6.45, 7) is 3.45. The molecule has 0 radical (unpaired) electrons. The number of carboxylic acid groups (broad SMARTS) is 1. The third-order valence-electron chi connectivity index (χ3n) is 2.87. The van der Waals surface area contributed by atoms with Gasteiger partial charge in [-0.05, 0) is 26.3 Å². The van der Waals surface area contributed by atoms with Gasteiger partial charge in [-0.15, -0.1) is 11.3 Å². The Morgan fingerprint density at radius 1 is 1.41 bits per heavy atom. The Morgan fingerprint density at radius 2 is 2.09 bits per heavy atom. The van der Waals surface area contributed by atoms with Gasteiger partial charge in [0.1, 0.15) is 5.00 Å². The average molecular weight is 329 g/mol. The molecule has 0 aliphatic carbocycles. The molecule has 0 spiro atoms. The fraction of sp³-hybridized carbons (Fsp3) is 0.500. The third kappa shape index (κ3) is 5.66. The van der Waals surface area contributed by atoms with Crippen molar-refractivity contribution >= 4 is 34.2 Å². The van der Waals surface area contributed by atoms with E-state index in [1.165, 1.54) is 0 Å². The highest BCUT2D eigenvalue weighted by atomic mass is 32.1. The van der Waals surface area contributed by atoms with Crippen LogP contribution in [0.1, 0.15) is 28.3 Å². The van der Waals surface area contributed by atoms with E-state index in [0.717, 1.165) is 37.3 Å². The monoisotopic (exact) mass is 329 g/mol. The van der Waals surface area contributed by atoms with Crippen LogP contribution in [-0.4, -0.2) is 41.1 Å². The molecule has 22 heavy (non-hydrogen) atoms. The quantitative estimate of drug-likeness (QED) is 0.529. The van der Waals surface area contributed by atoms with E-state index in [-0.39, 0.29) is 22.5 Å². The van der Waals surface area contributed by atoms with Crippen LogP contribution < -0.4 is 22.1 Å². The van der Waals surface area contributed by atoms with E-state index in [0.29, 0.717) is 5.01 Å². The second-order valence-corrected chi connectivity index (χ2v) is 5.85. The molecular formula is C12H19N5O4S. The summed E-state index contributed by atoms with van der Waals surface area (Å²) in [6.07, 6.45) is 2.04. The molecule has 1 fully saturated rings. The van der Waals surface area contributed by atoms with Crippen molar-refractivity contribution in [1.82, 2.24) is 10.3 Å². The zero-order valence-corrected chi connectivity index (χ0v) is 12.9. The first-order valence-electron chi connectivity index (χ1n) is 6.58. The standard InChI is InChI=1S/C6H7N3O3S.C6H12N2O/c1-2-8-3(5(10)11)4(13-2)9-6(7)12;7-6(9)5-2-1-3-8-4-5/h1H3,(H,10,11)(H3,7,9,12);5,8H,1-4H2,(H2,7,9)/t;5-/m.0/s1. The molecule has 9 nitrogen and oxygen atoms in total. The molecule has 0 bridgehead atoms. The molecule has 0 unspecified atom stereocenters. The molecule has 122 valence electrons. The summed E-state index contributed by atoms with van der Waals surface area (Å²) in [5.41, 5.74) is 9.75. The largest absolute Gasteiger partial charge is 0.476 e. The highest BCUT2D eigenvalue weighted by molar-refractivity contribution is 7.16. The number of carbonyl (C=O) groups excluding carboxylic acids is 2. The van der Waals surface area contributed by atoms with Crippen LogP contribution in [0.3, 0.4) is 0 Å². The van der Waals surface area contributed by atoms with Crippen molar-refractivity contribution in [2.45, 2.75) is 19.8 Å². The van der Waals surface area contributed by atoms with Crippen LogP contribution in [0.4, 0.5) is 9.80 Å². The second kappa shape index (κ2) is 8.29. The maximum absolute atomic E-state index is 10.6. The molecule has 1 atom stereocenters. The van der Waals surface area contributed by atoms with Crippen LogP contribution in [-0.2, 0) is 4.79 Å². The van der Waals surface area contributed by atoms with Gasteiger partial charge in [0.25, 0.3) is 0 Å². The van der Waals surface area contributed by atoms with Crippen molar-refractivity contribution in [3.8, 4) is 0 Å². The van der Waals surface area contributed by atoms with E-state index in [1.54, 1.807) is 6.92 Å². The van der Waals surface area contributed by atoms with Gasteiger partial charge in [-0.1, -0.05) is 0 Å². The number of aromatic nitrogens is 1. The maximum Gasteiger partial charge on any atom is 0.357 e. The number of aromatic carboxylic acids is 1. The van der Waals surface area contributed by atoms with E-state index < -0.39 is 12.0 Å². The van der Waals surface area contributed by atoms with E-state index in [1.807, 2.05) is 0 Å². The number of thiazole rings is 1. The van der Waals surface area contributed by atoms with E-state index in [4.69, 9.17) is 16.6 Å². The lowest BCUT2D eigenvalue weighted by molar-refractivity contribution is -0.122. The lowest BCUT2D eigenvalue weighted by Crippen LogP contribution is -2.37. The molecule has 1 aliphatic rings. The minimum Gasteiger partial charge on any atom is -0.476 e. The number of hydrogen-bond acceptors (Lipinski definition) is 6. The van der Waals surface area contributed by atoms with Crippen LogP contribution in [0.15, 0.2) is 0 Å². The van der Waals surface area contributed by atoms with Crippen LogP contribution in [0.2, 0.25) is 0 Å². The summed E-state index contributed by atoms with van der Waals surface area (Å²) in [4.78, 5) is 35.3. The summed E-state index contributed by atoms with van der Waals surface area (Å²) < 4.78 is 0. The maximum atomic E-state index is 10.6. The molecule has 3 amide bonds. The van der Waals surface area contributed by atoms with Gasteiger partial charge in [0.2, 0.25) is 5.91 Å². The number of urea groups is 1. The Kier molecular flexibility index (Phi) is 6.73. The Morgan fingerprint density at radius 3 is 2.50 bits per heavy atom. The van der Waals surface area contributed by atoms with Crippen molar-refractivity contribution in [2.75, 3.05) is 18.4 Å². The number of aryl methyl sites for hydroxylation is 1. The zero-order chi connectivity index (χ0) is 16.7. The van der Waals surface area contributed by atoms with Crippen molar-refractivity contribution in [3.63, 3.8) is 0 Å².